The number of fused-ring (bicyclic) bond motifs is 1. The molecule has 1 saturated carbocycles. The van der Waals surface area contributed by atoms with Crippen molar-refractivity contribution in [2.75, 3.05) is 0 Å². The van der Waals surface area contributed by atoms with E-state index >= 15 is 0 Å². The minimum absolute atomic E-state index is 0.0382. The summed E-state index contributed by atoms with van der Waals surface area (Å²) < 4.78 is 5.19. The van der Waals surface area contributed by atoms with Gasteiger partial charge in [0.15, 0.2) is 0 Å². The first kappa shape index (κ1) is 14.0. The van der Waals surface area contributed by atoms with Crippen molar-refractivity contribution in [3.8, 4) is 0 Å². The Balaban J connectivity index is 1.88. The van der Waals surface area contributed by atoms with Crippen molar-refractivity contribution in [1.29, 1.82) is 0 Å². The maximum absolute atomic E-state index is 12.6. The fraction of sp³-hybridized carbons (Fsp3) is 0.562. The van der Waals surface area contributed by atoms with Gasteiger partial charge in [-0.1, -0.05) is 30.8 Å². The number of amides is 1. The maximum Gasteiger partial charge on any atom is 0.258 e. The number of carbonyl (C=O) groups excluding carboxylic acids is 1. The van der Waals surface area contributed by atoms with Crippen LogP contribution in [0, 0.1) is 13.8 Å². The van der Waals surface area contributed by atoms with E-state index in [4.69, 9.17) is 4.52 Å². The Morgan fingerprint density at radius 1 is 1.24 bits per heavy atom. The monoisotopic (exact) mass is 287 g/mol. The molecular formula is C16H21N3O2. The Hall–Kier alpha value is -1.91. The van der Waals surface area contributed by atoms with Gasteiger partial charge < -0.3 is 9.84 Å². The molecule has 5 heteroatoms. The summed E-state index contributed by atoms with van der Waals surface area (Å²) in [6.07, 6.45) is 7.08. The Morgan fingerprint density at radius 3 is 2.67 bits per heavy atom. The maximum atomic E-state index is 12.6. The Bertz CT molecular complexity index is 655. The predicted molar refractivity (Wildman–Crippen MR) is 80.2 cm³/mol. The molecule has 2 heterocycles. The molecule has 0 atom stereocenters. The topological polar surface area (TPSA) is 68.0 Å². The lowest BCUT2D eigenvalue weighted by molar-refractivity contribution is 0.0935. The van der Waals surface area contributed by atoms with Crippen molar-refractivity contribution in [3.63, 3.8) is 0 Å². The van der Waals surface area contributed by atoms with Gasteiger partial charge in [0.05, 0.1) is 16.6 Å². The summed E-state index contributed by atoms with van der Waals surface area (Å²) in [6.45, 7) is 3.70. The summed E-state index contributed by atoms with van der Waals surface area (Å²) in [7, 11) is 0. The normalized spacial score (nSPS) is 16.9. The number of nitrogens with zero attached hydrogens (tertiary/aromatic N) is 2. The van der Waals surface area contributed by atoms with Gasteiger partial charge in [-0.2, -0.15) is 0 Å². The summed E-state index contributed by atoms with van der Waals surface area (Å²) in [5.41, 5.74) is 2.55. The first-order chi connectivity index (χ1) is 10.1. The van der Waals surface area contributed by atoms with E-state index in [1.54, 1.807) is 0 Å². The van der Waals surface area contributed by atoms with Crippen LogP contribution >= 0.6 is 0 Å². The zero-order chi connectivity index (χ0) is 14.8. The average Bonchev–Trinajstić information content (AvgIpc) is 2.67. The van der Waals surface area contributed by atoms with Crippen molar-refractivity contribution in [1.82, 2.24) is 15.5 Å². The molecule has 1 aliphatic carbocycles. The minimum atomic E-state index is -0.0382. The van der Waals surface area contributed by atoms with Crippen LogP contribution in [-0.2, 0) is 0 Å². The summed E-state index contributed by atoms with van der Waals surface area (Å²) in [5.74, 6) is -0.0382. The lowest BCUT2D eigenvalue weighted by Gasteiger charge is -2.16. The first-order valence-corrected chi connectivity index (χ1v) is 7.69. The molecule has 1 N–H and O–H groups in total. The molecule has 0 aromatic carbocycles. The third-order valence-corrected chi connectivity index (χ3v) is 4.18. The quantitative estimate of drug-likeness (QED) is 0.861. The highest BCUT2D eigenvalue weighted by Crippen LogP contribution is 2.23. The first-order valence-electron chi connectivity index (χ1n) is 7.69. The van der Waals surface area contributed by atoms with Crippen LogP contribution in [0.2, 0.25) is 0 Å². The second kappa shape index (κ2) is 5.84. The molecule has 1 aliphatic rings. The Kier molecular flexibility index (Phi) is 3.90. The van der Waals surface area contributed by atoms with E-state index in [2.05, 4.69) is 15.5 Å². The van der Waals surface area contributed by atoms with Crippen LogP contribution in [-0.4, -0.2) is 22.1 Å². The molecule has 2 aromatic rings. The van der Waals surface area contributed by atoms with Gasteiger partial charge in [-0.15, -0.1) is 0 Å². The minimum Gasteiger partial charge on any atom is -0.349 e. The molecule has 5 nitrogen and oxygen atoms in total. The van der Waals surface area contributed by atoms with E-state index < -0.39 is 0 Å². The number of aromatic nitrogens is 2. The fourth-order valence-corrected chi connectivity index (χ4v) is 3.08. The number of carbonyl (C=O) groups is 1. The standard InChI is InChI=1S/C16H21N3O2/c1-10-9-13(14-11(2)19-21-16(14)17-10)15(20)18-12-7-5-3-4-6-8-12/h9,12H,3-8H2,1-2H3,(H,18,20). The molecule has 21 heavy (non-hydrogen) atoms. The molecule has 0 spiro atoms. The van der Waals surface area contributed by atoms with E-state index in [-0.39, 0.29) is 11.9 Å². The van der Waals surface area contributed by atoms with Crippen molar-refractivity contribution in [2.45, 2.75) is 58.4 Å². The van der Waals surface area contributed by atoms with E-state index in [1.165, 1.54) is 25.7 Å². The number of nitrogens with one attached hydrogen (secondary N) is 1. The summed E-state index contributed by atoms with van der Waals surface area (Å²) in [5, 5.41) is 7.83. The molecule has 2 aromatic heterocycles. The van der Waals surface area contributed by atoms with Crippen LogP contribution in [0.1, 0.15) is 60.3 Å². The van der Waals surface area contributed by atoms with Gasteiger partial charge in [-0.3, -0.25) is 4.79 Å². The van der Waals surface area contributed by atoms with Gasteiger partial charge in [-0.05, 0) is 32.8 Å². The molecule has 3 rings (SSSR count). The molecule has 0 saturated heterocycles. The fourth-order valence-electron chi connectivity index (χ4n) is 3.08. The van der Waals surface area contributed by atoms with Crippen molar-refractivity contribution in [3.05, 3.63) is 23.0 Å². The molecule has 1 fully saturated rings. The summed E-state index contributed by atoms with van der Waals surface area (Å²) in [6, 6.07) is 2.10. The lowest BCUT2D eigenvalue weighted by atomic mass is 10.1. The number of pyridine rings is 1. The van der Waals surface area contributed by atoms with E-state index in [0.29, 0.717) is 17.0 Å². The third kappa shape index (κ3) is 2.91. The Labute approximate surface area is 124 Å². The highest BCUT2D eigenvalue weighted by atomic mass is 16.5. The molecular weight excluding hydrogens is 266 g/mol. The van der Waals surface area contributed by atoms with Crippen LogP contribution in [0.3, 0.4) is 0 Å². The summed E-state index contributed by atoms with van der Waals surface area (Å²) in [4.78, 5) is 16.9. The van der Waals surface area contributed by atoms with Crippen LogP contribution in [0.5, 0.6) is 0 Å². The van der Waals surface area contributed by atoms with Gasteiger partial charge >= 0.3 is 0 Å². The SMILES string of the molecule is Cc1cc(C(=O)NC2CCCCCC2)c2c(C)noc2n1. The summed E-state index contributed by atoms with van der Waals surface area (Å²) >= 11 is 0. The van der Waals surface area contributed by atoms with Crippen LogP contribution in [0.15, 0.2) is 10.6 Å². The predicted octanol–water partition coefficient (Wildman–Crippen LogP) is 3.29. The van der Waals surface area contributed by atoms with Gasteiger partial charge in [0.2, 0.25) is 0 Å². The third-order valence-electron chi connectivity index (χ3n) is 4.18. The van der Waals surface area contributed by atoms with Gasteiger partial charge in [0.1, 0.15) is 0 Å². The molecule has 1 amide bonds. The van der Waals surface area contributed by atoms with E-state index in [9.17, 15) is 4.79 Å². The number of rotatable bonds is 2. The number of hydrogen-bond acceptors (Lipinski definition) is 4. The molecule has 112 valence electrons. The van der Waals surface area contributed by atoms with Gasteiger partial charge in [0.25, 0.3) is 11.6 Å². The van der Waals surface area contributed by atoms with Crippen molar-refractivity contribution in [2.24, 2.45) is 0 Å². The van der Waals surface area contributed by atoms with Crippen LogP contribution in [0.25, 0.3) is 11.1 Å². The van der Waals surface area contributed by atoms with E-state index in [1.807, 2.05) is 19.9 Å². The zero-order valence-electron chi connectivity index (χ0n) is 12.6. The van der Waals surface area contributed by atoms with E-state index in [0.717, 1.165) is 23.9 Å². The van der Waals surface area contributed by atoms with Gasteiger partial charge in [0, 0.05) is 11.7 Å². The van der Waals surface area contributed by atoms with Crippen molar-refractivity contribution < 1.29 is 9.32 Å². The van der Waals surface area contributed by atoms with Crippen LogP contribution in [0.4, 0.5) is 0 Å². The smallest absolute Gasteiger partial charge is 0.258 e. The number of aryl methyl sites for hydroxylation is 2. The highest BCUT2D eigenvalue weighted by molar-refractivity contribution is 6.06. The van der Waals surface area contributed by atoms with Crippen molar-refractivity contribution >= 4 is 17.0 Å². The number of hydrogen-bond donors (Lipinski definition) is 1. The molecule has 0 aliphatic heterocycles. The highest BCUT2D eigenvalue weighted by Gasteiger charge is 2.21. The Morgan fingerprint density at radius 2 is 1.95 bits per heavy atom. The largest absolute Gasteiger partial charge is 0.349 e. The van der Waals surface area contributed by atoms with Crippen LogP contribution < -0.4 is 5.32 Å². The average molecular weight is 287 g/mol. The molecule has 0 bridgehead atoms. The lowest BCUT2D eigenvalue weighted by Crippen LogP contribution is -2.34. The molecule has 0 unspecified atom stereocenters. The van der Waals surface area contributed by atoms with Gasteiger partial charge in [-0.25, -0.2) is 4.98 Å². The molecule has 0 radical (unpaired) electrons. The second-order valence-electron chi connectivity index (χ2n) is 5.92. The zero-order valence-corrected chi connectivity index (χ0v) is 12.6. The second-order valence-corrected chi connectivity index (χ2v) is 5.92.